The zero-order valence-corrected chi connectivity index (χ0v) is 18.7. The third-order valence-corrected chi connectivity index (χ3v) is 6.45. The molecular weight excluding hydrogens is 388 g/mol. The highest BCUT2D eigenvalue weighted by Crippen LogP contribution is 2.32. The van der Waals surface area contributed by atoms with Gasteiger partial charge in [0.05, 0.1) is 24.5 Å². The molecule has 1 N–H and O–H groups in total. The van der Waals surface area contributed by atoms with E-state index >= 15 is 0 Å². The molecule has 2 fully saturated rings. The summed E-state index contributed by atoms with van der Waals surface area (Å²) in [7, 11) is 0. The number of amides is 1. The van der Waals surface area contributed by atoms with Crippen LogP contribution in [-0.2, 0) is 4.79 Å². The van der Waals surface area contributed by atoms with Gasteiger partial charge in [-0.3, -0.25) is 14.7 Å². The van der Waals surface area contributed by atoms with Gasteiger partial charge in [-0.05, 0) is 58.2 Å². The van der Waals surface area contributed by atoms with E-state index in [4.69, 9.17) is 4.98 Å². The molecule has 1 aliphatic heterocycles. The number of aromatic nitrogens is 3. The van der Waals surface area contributed by atoms with Crippen LogP contribution in [0.25, 0.3) is 0 Å². The molecule has 3 heterocycles. The minimum absolute atomic E-state index is 0.174. The van der Waals surface area contributed by atoms with E-state index in [9.17, 15) is 4.79 Å². The molecule has 1 aliphatic carbocycles. The van der Waals surface area contributed by atoms with Crippen LogP contribution >= 0.6 is 0 Å². The van der Waals surface area contributed by atoms with Crippen LogP contribution in [0, 0.1) is 0 Å². The fourth-order valence-electron chi connectivity index (χ4n) is 5.08. The Balaban J connectivity index is 1.45. The van der Waals surface area contributed by atoms with Gasteiger partial charge in [-0.25, -0.2) is 9.97 Å². The first-order valence-electron chi connectivity index (χ1n) is 11.7. The smallest absolute Gasteiger partial charge is 0.237 e. The molecular formula is C24H34N6O. The number of anilines is 2. The van der Waals surface area contributed by atoms with Crippen molar-refractivity contribution in [3.8, 4) is 0 Å². The predicted molar refractivity (Wildman–Crippen MR) is 122 cm³/mol. The molecule has 1 atom stereocenters. The minimum Gasteiger partial charge on any atom is -0.336 e. The van der Waals surface area contributed by atoms with E-state index in [0.717, 1.165) is 43.7 Å². The maximum absolute atomic E-state index is 13.4. The van der Waals surface area contributed by atoms with Crippen molar-refractivity contribution < 1.29 is 4.79 Å². The summed E-state index contributed by atoms with van der Waals surface area (Å²) in [6, 6.07) is 6.84. The number of likely N-dealkylation sites (tertiary alicyclic amines) is 1. The van der Waals surface area contributed by atoms with Gasteiger partial charge in [-0.2, -0.15) is 0 Å². The third kappa shape index (κ3) is 5.39. The highest BCUT2D eigenvalue weighted by Gasteiger charge is 2.33. The summed E-state index contributed by atoms with van der Waals surface area (Å²) in [6.45, 7) is 5.72. The lowest BCUT2D eigenvalue weighted by Gasteiger charge is -2.38. The van der Waals surface area contributed by atoms with Crippen LogP contribution in [0.2, 0.25) is 0 Å². The average molecular weight is 423 g/mol. The van der Waals surface area contributed by atoms with Crippen LogP contribution in [0.15, 0.2) is 36.8 Å². The van der Waals surface area contributed by atoms with Crippen LogP contribution in [0.1, 0.15) is 70.5 Å². The number of pyridine rings is 1. The number of nitrogens with one attached hydrogen (secondary N) is 1. The predicted octanol–water partition coefficient (Wildman–Crippen LogP) is 4.32. The molecule has 1 saturated heterocycles. The Morgan fingerprint density at radius 2 is 1.97 bits per heavy atom. The van der Waals surface area contributed by atoms with Gasteiger partial charge in [0.1, 0.15) is 11.6 Å². The van der Waals surface area contributed by atoms with Crippen LogP contribution < -0.4 is 5.32 Å². The van der Waals surface area contributed by atoms with Gasteiger partial charge in [-0.15, -0.1) is 0 Å². The Hall–Kier alpha value is -2.54. The number of hydrogen-bond acceptors (Lipinski definition) is 6. The number of carbonyl (C=O) groups is 1. The minimum atomic E-state index is 0.174. The van der Waals surface area contributed by atoms with E-state index in [1.807, 2.05) is 12.1 Å². The van der Waals surface area contributed by atoms with Crippen LogP contribution in [0.3, 0.4) is 0 Å². The van der Waals surface area contributed by atoms with Crippen LogP contribution in [-0.4, -0.2) is 55.8 Å². The van der Waals surface area contributed by atoms with E-state index in [-0.39, 0.29) is 18.0 Å². The first-order valence-corrected chi connectivity index (χ1v) is 11.7. The highest BCUT2D eigenvalue weighted by molar-refractivity contribution is 5.79. The van der Waals surface area contributed by atoms with Gasteiger partial charge in [-0.1, -0.05) is 25.3 Å². The molecule has 0 bridgehead atoms. The van der Waals surface area contributed by atoms with E-state index in [2.05, 4.69) is 45.0 Å². The molecule has 7 nitrogen and oxygen atoms in total. The topological polar surface area (TPSA) is 74.2 Å². The molecule has 0 spiro atoms. The van der Waals surface area contributed by atoms with Gasteiger partial charge in [0.15, 0.2) is 0 Å². The zero-order valence-electron chi connectivity index (χ0n) is 18.7. The zero-order chi connectivity index (χ0) is 21.6. The van der Waals surface area contributed by atoms with Gasteiger partial charge >= 0.3 is 0 Å². The Labute approximate surface area is 185 Å². The fraction of sp³-hybridized carbons (Fsp3) is 0.583. The Bertz CT molecular complexity index is 852. The molecule has 1 saturated carbocycles. The molecule has 2 aliphatic rings. The number of nitrogens with zero attached hydrogens (tertiary/aromatic N) is 5. The molecule has 1 amide bonds. The summed E-state index contributed by atoms with van der Waals surface area (Å²) in [5.41, 5.74) is 1.01. The SMILES string of the molecule is CC(C)N(C(=O)CN1CCC[C@@H]1c1cccc(Nc2cnccn2)n1)C1CCCCC1. The molecule has 31 heavy (non-hydrogen) atoms. The number of hydrogen-bond donors (Lipinski definition) is 1. The van der Waals surface area contributed by atoms with Gasteiger partial charge in [0.25, 0.3) is 0 Å². The summed E-state index contributed by atoms with van der Waals surface area (Å²) in [5.74, 6) is 1.69. The van der Waals surface area contributed by atoms with Crippen molar-refractivity contribution in [3.05, 3.63) is 42.5 Å². The largest absolute Gasteiger partial charge is 0.336 e. The quantitative estimate of drug-likeness (QED) is 0.716. The molecule has 0 aromatic carbocycles. The number of rotatable bonds is 7. The average Bonchev–Trinajstić information content (AvgIpc) is 3.23. The third-order valence-electron chi connectivity index (χ3n) is 6.45. The molecule has 0 unspecified atom stereocenters. The molecule has 0 radical (unpaired) electrons. The van der Waals surface area contributed by atoms with Crippen molar-refractivity contribution in [1.82, 2.24) is 24.8 Å². The van der Waals surface area contributed by atoms with Crippen LogP contribution in [0.5, 0.6) is 0 Å². The maximum Gasteiger partial charge on any atom is 0.237 e. The first kappa shape index (κ1) is 21.7. The Kier molecular flexibility index (Phi) is 7.12. The lowest BCUT2D eigenvalue weighted by atomic mass is 9.93. The first-order chi connectivity index (χ1) is 15.1. The second kappa shape index (κ2) is 10.2. The van der Waals surface area contributed by atoms with Crippen LogP contribution in [0.4, 0.5) is 11.6 Å². The van der Waals surface area contributed by atoms with E-state index in [0.29, 0.717) is 18.4 Å². The summed E-state index contributed by atoms with van der Waals surface area (Å²) < 4.78 is 0. The van der Waals surface area contributed by atoms with Gasteiger partial charge < -0.3 is 10.2 Å². The van der Waals surface area contributed by atoms with E-state index < -0.39 is 0 Å². The van der Waals surface area contributed by atoms with Crippen molar-refractivity contribution >= 4 is 17.5 Å². The fourth-order valence-corrected chi connectivity index (χ4v) is 5.08. The Morgan fingerprint density at radius 3 is 2.71 bits per heavy atom. The molecule has 2 aromatic heterocycles. The lowest BCUT2D eigenvalue weighted by Crippen LogP contribution is -2.49. The lowest BCUT2D eigenvalue weighted by molar-refractivity contribution is -0.137. The van der Waals surface area contributed by atoms with E-state index in [1.165, 1.54) is 19.3 Å². The standard InChI is InChI=1S/C24H34N6O/c1-18(2)30(19-8-4-3-5-9-19)24(31)17-29-15-7-11-21(29)20-10-6-12-22(27-20)28-23-16-25-13-14-26-23/h6,10,12-14,16,18-19,21H,3-5,7-9,11,15,17H2,1-2H3,(H,26,27,28)/t21-/m1/s1. The van der Waals surface area contributed by atoms with Crippen molar-refractivity contribution in [1.29, 1.82) is 0 Å². The van der Waals surface area contributed by atoms with E-state index in [1.54, 1.807) is 18.6 Å². The highest BCUT2D eigenvalue weighted by atomic mass is 16.2. The molecule has 2 aromatic rings. The summed E-state index contributed by atoms with van der Waals surface area (Å²) in [4.78, 5) is 31.0. The number of carbonyl (C=O) groups excluding carboxylic acids is 1. The maximum atomic E-state index is 13.4. The van der Waals surface area contributed by atoms with Crippen molar-refractivity contribution in [2.75, 3.05) is 18.4 Å². The summed E-state index contributed by atoms with van der Waals surface area (Å²) in [5, 5.41) is 3.22. The molecule has 4 rings (SSSR count). The monoisotopic (exact) mass is 422 g/mol. The second-order valence-electron chi connectivity index (χ2n) is 8.98. The molecule has 7 heteroatoms. The van der Waals surface area contributed by atoms with Crippen molar-refractivity contribution in [2.45, 2.75) is 76.9 Å². The summed E-state index contributed by atoms with van der Waals surface area (Å²) in [6.07, 6.45) is 13.2. The Morgan fingerprint density at radius 1 is 1.13 bits per heavy atom. The van der Waals surface area contributed by atoms with Crippen molar-refractivity contribution in [3.63, 3.8) is 0 Å². The second-order valence-corrected chi connectivity index (χ2v) is 8.98. The molecule has 166 valence electrons. The normalized spacial score (nSPS) is 20.2. The van der Waals surface area contributed by atoms with Crippen molar-refractivity contribution in [2.24, 2.45) is 0 Å². The summed E-state index contributed by atoms with van der Waals surface area (Å²) >= 11 is 0. The van der Waals surface area contributed by atoms with Gasteiger partial charge in [0, 0.05) is 24.5 Å². The van der Waals surface area contributed by atoms with Gasteiger partial charge in [0.2, 0.25) is 5.91 Å².